The van der Waals surface area contributed by atoms with Gasteiger partial charge < -0.3 is 14.4 Å². The summed E-state index contributed by atoms with van der Waals surface area (Å²) in [6.45, 7) is 3.13. The molecule has 29 heavy (non-hydrogen) atoms. The van der Waals surface area contributed by atoms with Crippen LogP contribution in [0.3, 0.4) is 0 Å². The maximum absolute atomic E-state index is 13.4. The van der Waals surface area contributed by atoms with Gasteiger partial charge >= 0.3 is 0 Å². The number of carbonyl (C=O) groups excluding carboxylic acids is 1. The molecule has 0 atom stereocenters. The Labute approximate surface area is 172 Å². The standard InChI is InChI=1S/C22H20N4O2S/c1-14-23-21(28-25-14)13-29-20-9-5-3-7-16(20)22(27)26-11-10-19-17(12-26)15-6-2-4-8-18(15)24-19/h2-9,24H,10-13H2,1H3. The second-order valence-electron chi connectivity index (χ2n) is 7.12. The van der Waals surface area contributed by atoms with Crippen LogP contribution in [0.15, 0.2) is 57.9 Å². The Kier molecular flexibility index (Phi) is 4.60. The smallest absolute Gasteiger partial charge is 0.255 e. The van der Waals surface area contributed by atoms with Crippen molar-refractivity contribution in [2.45, 2.75) is 30.5 Å². The first-order valence-corrected chi connectivity index (χ1v) is 10.6. The molecular weight excluding hydrogens is 384 g/mol. The molecule has 0 radical (unpaired) electrons. The molecular formula is C22H20N4O2S. The fourth-order valence-electron chi connectivity index (χ4n) is 3.82. The van der Waals surface area contributed by atoms with E-state index in [2.05, 4.69) is 27.3 Å². The van der Waals surface area contributed by atoms with Gasteiger partial charge in [-0.25, -0.2) is 0 Å². The van der Waals surface area contributed by atoms with E-state index in [1.807, 2.05) is 41.3 Å². The first-order chi connectivity index (χ1) is 14.2. The molecule has 0 spiro atoms. The van der Waals surface area contributed by atoms with E-state index in [-0.39, 0.29) is 5.91 Å². The van der Waals surface area contributed by atoms with Crippen LogP contribution in [0.5, 0.6) is 0 Å². The number of hydrogen-bond donors (Lipinski definition) is 1. The summed E-state index contributed by atoms with van der Waals surface area (Å²) in [4.78, 5) is 24.0. The molecule has 3 heterocycles. The third-order valence-corrected chi connectivity index (χ3v) is 6.27. The van der Waals surface area contributed by atoms with Crippen LogP contribution in [0.4, 0.5) is 0 Å². The molecule has 1 aliphatic heterocycles. The minimum Gasteiger partial charge on any atom is -0.358 e. The van der Waals surface area contributed by atoms with Gasteiger partial charge in [0.05, 0.1) is 11.3 Å². The van der Waals surface area contributed by atoms with Crippen LogP contribution in [0.25, 0.3) is 10.9 Å². The van der Waals surface area contributed by atoms with Gasteiger partial charge in [0.25, 0.3) is 5.91 Å². The predicted octanol–water partition coefficient (Wildman–Crippen LogP) is 4.35. The molecule has 6 nitrogen and oxygen atoms in total. The molecule has 0 fully saturated rings. The number of hydrogen-bond acceptors (Lipinski definition) is 5. The number of benzene rings is 2. The number of aromatic nitrogens is 3. The molecule has 1 amide bonds. The van der Waals surface area contributed by atoms with E-state index >= 15 is 0 Å². The van der Waals surface area contributed by atoms with Crippen LogP contribution in [-0.4, -0.2) is 32.5 Å². The molecule has 0 aliphatic carbocycles. The Morgan fingerprint density at radius 1 is 1.21 bits per heavy atom. The van der Waals surface area contributed by atoms with Crippen molar-refractivity contribution in [2.75, 3.05) is 6.54 Å². The minimum absolute atomic E-state index is 0.0609. The summed E-state index contributed by atoms with van der Waals surface area (Å²) in [6.07, 6.45) is 0.840. The number of thioether (sulfide) groups is 1. The molecule has 2 aromatic carbocycles. The van der Waals surface area contributed by atoms with Gasteiger partial charge in [0, 0.05) is 46.6 Å². The molecule has 5 rings (SSSR count). The van der Waals surface area contributed by atoms with Crippen molar-refractivity contribution in [1.29, 1.82) is 0 Å². The lowest BCUT2D eigenvalue weighted by atomic mass is 10.0. The highest BCUT2D eigenvalue weighted by atomic mass is 32.2. The average molecular weight is 404 g/mol. The Bertz CT molecular complexity index is 1200. The minimum atomic E-state index is 0.0609. The third kappa shape index (κ3) is 3.42. The summed E-state index contributed by atoms with van der Waals surface area (Å²) in [6, 6.07) is 16.0. The maximum Gasteiger partial charge on any atom is 0.255 e. The van der Waals surface area contributed by atoms with Gasteiger partial charge in [-0.2, -0.15) is 4.98 Å². The second-order valence-corrected chi connectivity index (χ2v) is 8.14. The number of rotatable bonds is 4. The quantitative estimate of drug-likeness (QED) is 0.512. The van der Waals surface area contributed by atoms with E-state index < -0.39 is 0 Å². The lowest BCUT2D eigenvalue weighted by Crippen LogP contribution is -2.36. The number of nitrogens with one attached hydrogen (secondary N) is 1. The molecule has 0 bridgehead atoms. The maximum atomic E-state index is 13.4. The van der Waals surface area contributed by atoms with Crippen molar-refractivity contribution in [1.82, 2.24) is 20.0 Å². The van der Waals surface area contributed by atoms with Crippen molar-refractivity contribution in [3.8, 4) is 0 Å². The number of H-pyrrole nitrogens is 1. The number of amides is 1. The number of nitrogens with zero attached hydrogens (tertiary/aromatic N) is 3. The summed E-state index contributed by atoms with van der Waals surface area (Å²) in [5, 5.41) is 5.03. The summed E-state index contributed by atoms with van der Waals surface area (Å²) in [5.74, 6) is 1.78. The molecule has 0 saturated heterocycles. The first-order valence-electron chi connectivity index (χ1n) is 9.58. The Morgan fingerprint density at radius 3 is 2.90 bits per heavy atom. The van der Waals surface area contributed by atoms with E-state index in [1.54, 1.807) is 18.7 Å². The van der Waals surface area contributed by atoms with Gasteiger partial charge in [-0.3, -0.25) is 4.79 Å². The average Bonchev–Trinajstić information content (AvgIpc) is 3.34. The lowest BCUT2D eigenvalue weighted by molar-refractivity contribution is 0.0731. The zero-order chi connectivity index (χ0) is 19.8. The van der Waals surface area contributed by atoms with Gasteiger partial charge in [-0.15, -0.1) is 11.8 Å². The molecule has 1 N–H and O–H groups in total. The SMILES string of the molecule is Cc1noc(CSc2ccccc2C(=O)N2CCc3[nH]c4ccccc4c3C2)n1. The Hall–Kier alpha value is -3.06. The molecule has 1 aliphatic rings. The van der Waals surface area contributed by atoms with E-state index in [0.29, 0.717) is 30.6 Å². The number of aromatic amines is 1. The second kappa shape index (κ2) is 7.40. The van der Waals surface area contributed by atoms with Crippen LogP contribution < -0.4 is 0 Å². The van der Waals surface area contributed by atoms with E-state index in [0.717, 1.165) is 22.4 Å². The summed E-state index contributed by atoms with van der Waals surface area (Å²) < 4.78 is 5.19. The van der Waals surface area contributed by atoms with Gasteiger partial charge in [-0.05, 0) is 25.1 Å². The number of aryl methyl sites for hydroxylation is 1. The van der Waals surface area contributed by atoms with Gasteiger partial charge in [0.15, 0.2) is 5.82 Å². The van der Waals surface area contributed by atoms with E-state index in [1.165, 1.54) is 16.6 Å². The molecule has 0 saturated carbocycles. The van der Waals surface area contributed by atoms with Crippen LogP contribution in [-0.2, 0) is 18.7 Å². The van der Waals surface area contributed by atoms with Crippen molar-refractivity contribution >= 4 is 28.6 Å². The normalized spacial score (nSPS) is 13.6. The zero-order valence-electron chi connectivity index (χ0n) is 16.0. The Morgan fingerprint density at radius 2 is 2.03 bits per heavy atom. The van der Waals surface area contributed by atoms with Crippen molar-refractivity contribution < 1.29 is 9.32 Å². The van der Waals surface area contributed by atoms with Gasteiger partial charge in [0.2, 0.25) is 5.89 Å². The van der Waals surface area contributed by atoms with Crippen LogP contribution in [0, 0.1) is 6.92 Å². The highest BCUT2D eigenvalue weighted by Crippen LogP contribution is 2.31. The van der Waals surface area contributed by atoms with Crippen molar-refractivity contribution in [3.63, 3.8) is 0 Å². The highest BCUT2D eigenvalue weighted by Gasteiger charge is 2.26. The fraction of sp³-hybridized carbons (Fsp3) is 0.227. The predicted molar refractivity (Wildman–Crippen MR) is 112 cm³/mol. The lowest BCUT2D eigenvalue weighted by Gasteiger charge is -2.28. The summed E-state index contributed by atoms with van der Waals surface area (Å²) >= 11 is 1.55. The molecule has 0 unspecified atom stereocenters. The van der Waals surface area contributed by atoms with Crippen LogP contribution in [0.2, 0.25) is 0 Å². The first kappa shape index (κ1) is 18.0. The third-order valence-electron chi connectivity index (χ3n) is 5.21. The molecule has 7 heteroatoms. The topological polar surface area (TPSA) is 75.0 Å². The van der Waals surface area contributed by atoms with E-state index in [9.17, 15) is 4.79 Å². The monoisotopic (exact) mass is 404 g/mol. The fourth-order valence-corrected chi connectivity index (χ4v) is 4.70. The summed E-state index contributed by atoms with van der Waals surface area (Å²) in [5.41, 5.74) is 4.32. The zero-order valence-corrected chi connectivity index (χ0v) is 16.8. The number of fused-ring (bicyclic) bond motifs is 3. The van der Waals surface area contributed by atoms with Crippen molar-refractivity contribution in [2.24, 2.45) is 0 Å². The molecule has 2 aromatic heterocycles. The number of carbonyl (C=O) groups is 1. The van der Waals surface area contributed by atoms with Gasteiger partial charge in [-0.1, -0.05) is 35.5 Å². The van der Waals surface area contributed by atoms with Gasteiger partial charge in [0.1, 0.15) is 0 Å². The van der Waals surface area contributed by atoms with Crippen LogP contribution in [0.1, 0.15) is 33.3 Å². The largest absolute Gasteiger partial charge is 0.358 e. The Balaban J connectivity index is 1.38. The number of para-hydroxylation sites is 1. The van der Waals surface area contributed by atoms with Crippen LogP contribution >= 0.6 is 11.8 Å². The summed E-state index contributed by atoms with van der Waals surface area (Å²) in [7, 11) is 0. The molecule has 4 aromatic rings. The molecule has 146 valence electrons. The highest BCUT2D eigenvalue weighted by molar-refractivity contribution is 7.98. The van der Waals surface area contributed by atoms with E-state index in [4.69, 9.17) is 4.52 Å². The van der Waals surface area contributed by atoms with Crippen molar-refractivity contribution in [3.05, 3.63) is 77.1 Å².